The van der Waals surface area contributed by atoms with Gasteiger partial charge in [0, 0.05) is 12.3 Å². The summed E-state index contributed by atoms with van der Waals surface area (Å²) in [6.45, 7) is 3.46. The normalized spacial score (nSPS) is 52.6. The zero-order valence-corrected chi connectivity index (χ0v) is 6.99. The van der Waals surface area contributed by atoms with Crippen molar-refractivity contribution >= 4 is 0 Å². The molecule has 0 aromatic carbocycles. The van der Waals surface area contributed by atoms with E-state index in [0.717, 1.165) is 0 Å². The molecule has 0 aromatic rings. The average Bonchev–Trinajstić information content (AvgIpc) is 1.81. The molecule has 0 radical (unpaired) electrons. The van der Waals surface area contributed by atoms with Gasteiger partial charge < -0.3 is 15.3 Å². The van der Waals surface area contributed by atoms with Crippen molar-refractivity contribution in [3.05, 3.63) is 0 Å². The second-order valence-electron chi connectivity index (χ2n) is 3.81. The van der Waals surface area contributed by atoms with Crippen LogP contribution >= 0.6 is 0 Å². The minimum absolute atomic E-state index is 0.147. The molecule has 1 unspecified atom stereocenters. The summed E-state index contributed by atoms with van der Waals surface area (Å²) in [5.41, 5.74) is -0.920. The molecular weight excluding hydrogens is 144 g/mol. The topological polar surface area (TPSA) is 60.7 Å². The highest BCUT2D eigenvalue weighted by atomic mass is 16.3. The van der Waals surface area contributed by atoms with Crippen LogP contribution in [-0.2, 0) is 0 Å². The third kappa shape index (κ3) is 1.72. The van der Waals surface area contributed by atoms with Crippen molar-refractivity contribution in [2.24, 2.45) is 5.92 Å². The SMILES string of the molecule is C[C@H]1C(O)C[C@H](O)C[C@]1(C)O. The van der Waals surface area contributed by atoms with Crippen LogP contribution in [0.15, 0.2) is 0 Å². The van der Waals surface area contributed by atoms with Crippen molar-refractivity contribution in [1.82, 2.24) is 0 Å². The Kier molecular flexibility index (Phi) is 2.23. The van der Waals surface area contributed by atoms with Crippen LogP contribution in [0.1, 0.15) is 26.7 Å². The Balaban J connectivity index is 2.67. The molecular formula is C8H16O3. The fraction of sp³-hybridized carbons (Fsp3) is 1.00. The van der Waals surface area contributed by atoms with Crippen molar-refractivity contribution in [1.29, 1.82) is 0 Å². The second-order valence-corrected chi connectivity index (χ2v) is 3.81. The highest BCUT2D eigenvalue weighted by Crippen LogP contribution is 2.33. The van der Waals surface area contributed by atoms with Crippen LogP contribution in [0.2, 0.25) is 0 Å². The van der Waals surface area contributed by atoms with Crippen molar-refractivity contribution < 1.29 is 15.3 Å². The van der Waals surface area contributed by atoms with E-state index in [4.69, 9.17) is 0 Å². The molecule has 0 saturated heterocycles. The predicted octanol–water partition coefficient (Wildman–Crippen LogP) is -0.111. The maximum Gasteiger partial charge on any atom is 0.0694 e. The van der Waals surface area contributed by atoms with Crippen LogP contribution in [0.3, 0.4) is 0 Å². The Morgan fingerprint density at radius 2 is 1.91 bits per heavy atom. The lowest BCUT2D eigenvalue weighted by molar-refractivity contribution is -0.122. The van der Waals surface area contributed by atoms with Gasteiger partial charge in [-0.3, -0.25) is 0 Å². The van der Waals surface area contributed by atoms with E-state index in [1.54, 1.807) is 13.8 Å². The van der Waals surface area contributed by atoms with Crippen LogP contribution in [-0.4, -0.2) is 33.1 Å². The van der Waals surface area contributed by atoms with E-state index in [2.05, 4.69) is 0 Å². The fourth-order valence-corrected chi connectivity index (χ4v) is 1.64. The smallest absolute Gasteiger partial charge is 0.0694 e. The quantitative estimate of drug-likeness (QED) is 0.463. The van der Waals surface area contributed by atoms with Gasteiger partial charge in [-0.15, -0.1) is 0 Å². The van der Waals surface area contributed by atoms with Gasteiger partial charge in [-0.1, -0.05) is 6.92 Å². The molecule has 1 saturated carbocycles. The molecule has 11 heavy (non-hydrogen) atoms. The minimum atomic E-state index is -0.920. The summed E-state index contributed by atoms with van der Waals surface area (Å²) in [4.78, 5) is 0. The molecule has 0 heterocycles. The van der Waals surface area contributed by atoms with Crippen LogP contribution in [0, 0.1) is 5.92 Å². The lowest BCUT2D eigenvalue weighted by Gasteiger charge is -2.40. The number of hydrogen-bond donors (Lipinski definition) is 3. The van der Waals surface area contributed by atoms with E-state index in [-0.39, 0.29) is 5.92 Å². The maximum atomic E-state index is 9.66. The number of aliphatic hydroxyl groups is 3. The monoisotopic (exact) mass is 160 g/mol. The molecule has 0 amide bonds. The summed E-state index contributed by atoms with van der Waals surface area (Å²) >= 11 is 0. The van der Waals surface area contributed by atoms with Crippen LogP contribution in [0.4, 0.5) is 0 Å². The van der Waals surface area contributed by atoms with Gasteiger partial charge in [-0.2, -0.15) is 0 Å². The molecule has 1 rings (SSSR count). The standard InChI is InChI=1S/C8H16O3/c1-5-7(10)3-6(9)4-8(5,2)11/h5-7,9-11H,3-4H2,1-2H3/t5-,6-,7?,8-/m0/s1. The molecule has 1 fully saturated rings. The number of hydrogen-bond acceptors (Lipinski definition) is 3. The zero-order valence-electron chi connectivity index (χ0n) is 6.99. The number of aliphatic hydroxyl groups excluding tert-OH is 2. The molecule has 66 valence electrons. The minimum Gasteiger partial charge on any atom is -0.393 e. The van der Waals surface area contributed by atoms with E-state index < -0.39 is 17.8 Å². The van der Waals surface area contributed by atoms with Crippen LogP contribution in [0.5, 0.6) is 0 Å². The predicted molar refractivity (Wildman–Crippen MR) is 41.0 cm³/mol. The van der Waals surface area contributed by atoms with Crippen molar-refractivity contribution in [3.63, 3.8) is 0 Å². The maximum absolute atomic E-state index is 9.66. The van der Waals surface area contributed by atoms with E-state index >= 15 is 0 Å². The first-order valence-electron chi connectivity index (χ1n) is 4.02. The highest BCUT2D eigenvalue weighted by molar-refractivity contribution is 4.92. The van der Waals surface area contributed by atoms with Crippen LogP contribution in [0.25, 0.3) is 0 Å². The third-order valence-electron chi connectivity index (χ3n) is 2.72. The first-order valence-corrected chi connectivity index (χ1v) is 4.02. The lowest BCUT2D eigenvalue weighted by Crippen LogP contribution is -2.48. The molecule has 4 atom stereocenters. The summed E-state index contributed by atoms with van der Waals surface area (Å²) in [5, 5.41) is 28.2. The van der Waals surface area contributed by atoms with E-state index in [0.29, 0.717) is 12.8 Å². The Labute approximate surface area is 66.7 Å². The van der Waals surface area contributed by atoms with Crippen molar-refractivity contribution in [3.8, 4) is 0 Å². The van der Waals surface area contributed by atoms with Gasteiger partial charge in [0.1, 0.15) is 0 Å². The van der Waals surface area contributed by atoms with Gasteiger partial charge in [-0.05, 0) is 13.3 Å². The molecule has 1 aliphatic carbocycles. The summed E-state index contributed by atoms with van der Waals surface area (Å²) in [6.07, 6.45) is -0.382. The van der Waals surface area contributed by atoms with E-state index in [9.17, 15) is 15.3 Å². The Hall–Kier alpha value is -0.120. The summed E-state index contributed by atoms with van der Waals surface area (Å²) in [7, 11) is 0. The van der Waals surface area contributed by atoms with Gasteiger partial charge >= 0.3 is 0 Å². The van der Waals surface area contributed by atoms with Crippen molar-refractivity contribution in [2.75, 3.05) is 0 Å². The Morgan fingerprint density at radius 3 is 2.36 bits per heavy atom. The highest BCUT2D eigenvalue weighted by Gasteiger charge is 2.40. The zero-order chi connectivity index (χ0) is 8.65. The molecule has 3 nitrogen and oxygen atoms in total. The average molecular weight is 160 g/mol. The summed E-state index contributed by atoms with van der Waals surface area (Å²) < 4.78 is 0. The Bertz CT molecular complexity index is 144. The van der Waals surface area contributed by atoms with Gasteiger partial charge in [0.15, 0.2) is 0 Å². The van der Waals surface area contributed by atoms with Gasteiger partial charge in [0.05, 0.1) is 17.8 Å². The molecule has 0 aliphatic heterocycles. The molecule has 3 N–H and O–H groups in total. The van der Waals surface area contributed by atoms with E-state index in [1.807, 2.05) is 0 Å². The van der Waals surface area contributed by atoms with Gasteiger partial charge in [-0.25, -0.2) is 0 Å². The molecule has 1 aliphatic rings. The first kappa shape index (κ1) is 8.97. The van der Waals surface area contributed by atoms with Crippen LogP contribution < -0.4 is 0 Å². The third-order valence-corrected chi connectivity index (χ3v) is 2.72. The summed E-state index contributed by atoms with van der Waals surface area (Å²) in [5.74, 6) is -0.147. The summed E-state index contributed by atoms with van der Waals surface area (Å²) in [6, 6.07) is 0. The van der Waals surface area contributed by atoms with Gasteiger partial charge in [0.2, 0.25) is 0 Å². The number of rotatable bonds is 0. The van der Waals surface area contributed by atoms with E-state index in [1.165, 1.54) is 0 Å². The van der Waals surface area contributed by atoms with Crippen molar-refractivity contribution in [2.45, 2.75) is 44.5 Å². The Morgan fingerprint density at radius 1 is 1.36 bits per heavy atom. The van der Waals surface area contributed by atoms with Gasteiger partial charge in [0.25, 0.3) is 0 Å². The first-order chi connectivity index (χ1) is 4.93. The molecule has 3 heteroatoms. The fourth-order valence-electron chi connectivity index (χ4n) is 1.64. The lowest BCUT2D eigenvalue weighted by atomic mass is 9.74. The second kappa shape index (κ2) is 2.73. The molecule has 0 bridgehead atoms. The molecule has 0 spiro atoms. The largest absolute Gasteiger partial charge is 0.393 e. The molecule has 0 aromatic heterocycles.